The second-order valence-electron chi connectivity index (χ2n) is 7.18. The summed E-state index contributed by atoms with van der Waals surface area (Å²) >= 11 is 0.999. The summed E-state index contributed by atoms with van der Waals surface area (Å²) in [5.41, 5.74) is 3.57. The maximum atomic E-state index is 11.6. The Hall–Kier alpha value is -2.23. The molecule has 0 bridgehead atoms. The number of aliphatic hydroxyl groups is 1. The number of hydrogen-bond donors (Lipinski definition) is 5. The van der Waals surface area contributed by atoms with Crippen molar-refractivity contribution in [1.82, 2.24) is 15.6 Å². The summed E-state index contributed by atoms with van der Waals surface area (Å²) in [6.45, 7) is 3.60. The maximum absolute atomic E-state index is 11.6. The zero-order valence-corrected chi connectivity index (χ0v) is 17.9. The van der Waals surface area contributed by atoms with E-state index < -0.39 is 6.10 Å². The van der Waals surface area contributed by atoms with Gasteiger partial charge < -0.3 is 30.6 Å². The van der Waals surface area contributed by atoms with E-state index >= 15 is 0 Å². The van der Waals surface area contributed by atoms with Crippen LogP contribution in [-0.4, -0.2) is 55.1 Å². The second kappa shape index (κ2) is 11.2. The number of phenols is 1. The van der Waals surface area contributed by atoms with E-state index in [1.54, 1.807) is 13.2 Å². The van der Waals surface area contributed by atoms with Crippen molar-refractivity contribution < 1.29 is 14.9 Å². The molecule has 0 saturated carbocycles. The number of fused-ring (bicyclic) bond motifs is 1. The number of aromatic hydroxyl groups is 1. The molecule has 8 heteroatoms. The van der Waals surface area contributed by atoms with Gasteiger partial charge in [-0.25, -0.2) is 0 Å². The van der Waals surface area contributed by atoms with E-state index in [0.29, 0.717) is 22.3 Å². The number of thiazole rings is 1. The molecule has 0 aliphatic rings. The van der Waals surface area contributed by atoms with Crippen LogP contribution in [-0.2, 0) is 17.6 Å². The van der Waals surface area contributed by atoms with Gasteiger partial charge in [-0.05, 0) is 43.1 Å². The first kappa shape index (κ1) is 22.5. The highest BCUT2D eigenvalue weighted by atomic mass is 32.1. The first-order valence-electron chi connectivity index (χ1n) is 10.1. The van der Waals surface area contributed by atoms with Gasteiger partial charge >= 0.3 is 4.87 Å². The number of phenolic OH excluding ortho intramolecular Hbond substituents is 1. The van der Waals surface area contributed by atoms with Crippen LogP contribution in [0.2, 0.25) is 0 Å². The molecule has 1 heterocycles. The minimum absolute atomic E-state index is 0.0148. The van der Waals surface area contributed by atoms with E-state index in [4.69, 9.17) is 4.74 Å². The number of ether oxygens (including phenoxy) is 1. The molecule has 0 aliphatic heterocycles. The van der Waals surface area contributed by atoms with Crippen molar-refractivity contribution in [2.45, 2.75) is 18.9 Å². The van der Waals surface area contributed by atoms with E-state index in [2.05, 4.69) is 39.9 Å². The molecule has 3 rings (SSSR count). The summed E-state index contributed by atoms with van der Waals surface area (Å²) in [7, 11) is 1.70. The third-order valence-electron chi connectivity index (χ3n) is 4.94. The van der Waals surface area contributed by atoms with Crippen LogP contribution in [0.1, 0.15) is 22.8 Å². The fourth-order valence-corrected chi connectivity index (χ4v) is 4.27. The molecule has 1 atom stereocenters. The SMILES string of the molecule is COCCNCCc1cccc(CCNCC(O)c2ccc(O)c3[nH]c(=O)sc23)c1. The number of methoxy groups -OCH3 is 1. The van der Waals surface area contributed by atoms with Gasteiger partial charge in [-0.1, -0.05) is 41.7 Å². The smallest absolute Gasteiger partial charge is 0.305 e. The normalized spacial score (nSPS) is 12.5. The van der Waals surface area contributed by atoms with Gasteiger partial charge in [0.1, 0.15) is 11.3 Å². The van der Waals surface area contributed by atoms with Gasteiger partial charge in [-0.3, -0.25) is 4.79 Å². The predicted molar refractivity (Wildman–Crippen MR) is 121 cm³/mol. The van der Waals surface area contributed by atoms with Crippen LogP contribution in [0.4, 0.5) is 0 Å². The van der Waals surface area contributed by atoms with Crippen LogP contribution in [0, 0.1) is 0 Å². The molecule has 0 saturated heterocycles. The van der Waals surface area contributed by atoms with Crippen LogP contribution in [0.15, 0.2) is 41.2 Å². The van der Waals surface area contributed by atoms with Gasteiger partial charge in [0.15, 0.2) is 0 Å². The lowest BCUT2D eigenvalue weighted by molar-refractivity contribution is 0.176. The number of hydrogen-bond acceptors (Lipinski definition) is 7. The molecule has 0 spiro atoms. The summed E-state index contributed by atoms with van der Waals surface area (Å²) in [6.07, 6.45) is 1.07. The van der Waals surface area contributed by atoms with E-state index in [9.17, 15) is 15.0 Å². The highest BCUT2D eigenvalue weighted by Gasteiger charge is 2.15. The number of rotatable bonds is 12. The highest BCUT2D eigenvalue weighted by molar-refractivity contribution is 7.16. The van der Waals surface area contributed by atoms with Crippen molar-refractivity contribution in [2.24, 2.45) is 0 Å². The molecule has 2 aromatic carbocycles. The van der Waals surface area contributed by atoms with Crippen molar-refractivity contribution in [3.8, 4) is 5.75 Å². The van der Waals surface area contributed by atoms with E-state index in [-0.39, 0.29) is 10.6 Å². The molecular weight excluding hydrogens is 402 g/mol. The van der Waals surface area contributed by atoms with Gasteiger partial charge in [0.05, 0.1) is 17.4 Å². The topological polar surface area (TPSA) is 107 Å². The minimum atomic E-state index is -0.760. The molecule has 1 unspecified atom stereocenters. The zero-order valence-electron chi connectivity index (χ0n) is 17.1. The van der Waals surface area contributed by atoms with Crippen molar-refractivity contribution in [3.63, 3.8) is 0 Å². The van der Waals surface area contributed by atoms with E-state index in [0.717, 1.165) is 50.4 Å². The molecule has 3 aromatic rings. The zero-order chi connectivity index (χ0) is 21.3. The van der Waals surface area contributed by atoms with E-state index in [1.807, 2.05) is 0 Å². The van der Waals surface area contributed by atoms with Gasteiger partial charge in [0.25, 0.3) is 0 Å². The molecule has 7 nitrogen and oxygen atoms in total. The van der Waals surface area contributed by atoms with Crippen LogP contribution in [0.5, 0.6) is 5.75 Å². The third-order valence-corrected chi connectivity index (χ3v) is 5.87. The highest BCUT2D eigenvalue weighted by Crippen LogP contribution is 2.31. The molecular formula is C22H29N3O4S. The molecule has 0 fully saturated rings. The maximum Gasteiger partial charge on any atom is 0.305 e. The number of H-pyrrole nitrogens is 1. The Morgan fingerprint density at radius 3 is 2.57 bits per heavy atom. The summed E-state index contributed by atoms with van der Waals surface area (Å²) in [5, 5.41) is 27.1. The number of nitrogens with one attached hydrogen (secondary N) is 3. The first-order valence-corrected chi connectivity index (χ1v) is 10.9. The summed E-state index contributed by atoms with van der Waals surface area (Å²) in [6, 6.07) is 11.7. The van der Waals surface area contributed by atoms with Crippen LogP contribution >= 0.6 is 11.3 Å². The van der Waals surface area contributed by atoms with Crippen LogP contribution in [0.3, 0.4) is 0 Å². The van der Waals surface area contributed by atoms with Gasteiger partial charge in [0, 0.05) is 25.8 Å². The fraction of sp³-hybridized carbons (Fsp3) is 0.409. The number of aromatic amines is 1. The quantitative estimate of drug-likeness (QED) is 0.281. The Labute approximate surface area is 179 Å². The molecule has 1 aromatic heterocycles. The molecule has 162 valence electrons. The largest absolute Gasteiger partial charge is 0.506 e. The Morgan fingerprint density at radius 2 is 1.83 bits per heavy atom. The van der Waals surface area contributed by atoms with Crippen molar-refractivity contribution in [2.75, 3.05) is 39.9 Å². The standard InChI is InChI=1S/C22H29N3O4S/c1-29-12-11-23-9-7-15-3-2-4-16(13-15)8-10-24-14-19(27)17-5-6-18(26)20-21(17)30-22(28)25-20/h2-6,13,19,23-24,26-27H,7-12,14H2,1H3,(H,25,28). The van der Waals surface area contributed by atoms with Crippen LogP contribution < -0.4 is 15.5 Å². The number of aliphatic hydroxyl groups excluding tert-OH is 1. The predicted octanol–water partition coefficient (Wildman–Crippen LogP) is 1.94. The lowest BCUT2D eigenvalue weighted by atomic mass is 10.1. The van der Waals surface area contributed by atoms with Crippen molar-refractivity contribution in [1.29, 1.82) is 0 Å². The Kier molecular flexibility index (Phi) is 8.41. The van der Waals surface area contributed by atoms with E-state index in [1.165, 1.54) is 17.2 Å². The second-order valence-corrected chi connectivity index (χ2v) is 8.16. The monoisotopic (exact) mass is 431 g/mol. The summed E-state index contributed by atoms with van der Waals surface area (Å²) in [5.74, 6) is 0.0148. The Bertz CT molecular complexity index is 1000. The lowest BCUT2D eigenvalue weighted by Crippen LogP contribution is -2.24. The first-order chi connectivity index (χ1) is 14.6. The average molecular weight is 432 g/mol. The Morgan fingerprint density at radius 1 is 1.10 bits per heavy atom. The van der Waals surface area contributed by atoms with Crippen LogP contribution in [0.25, 0.3) is 10.2 Å². The summed E-state index contributed by atoms with van der Waals surface area (Å²) in [4.78, 5) is 14.0. The number of benzene rings is 2. The average Bonchev–Trinajstić information content (AvgIpc) is 3.14. The molecule has 5 N–H and O–H groups in total. The summed E-state index contributed by atoms with van der Waals surface area (Å²) < 4.78 is 5.63. The molecule has 0 amide bonds. The Balaban J connectivity index is 1.47. The molecule has 0 radical (unpaired) electrons. The minimum Gasteiger partial charge on any atom is -0.506 e. The van der Waals surface area contributed by atoms with Gasteiger partial charge in [-0.2, -0.15) is 0 Å². The fourth-order valence-electron chi connectivity index (χ4n) is 3.36. The van der Waals surface area contributed by atoms with Crippen molar-refractivity contribution in [3.05, 3.63) is 62.8 Å². The molecule has 0 aliphatic carbocycles. The molecule has 30 heavy (non-hydrogen) atoms. The number of aromatic nitrogens is 1. The lowest BCUT2D eigenvalue weighted by Gasteiger charge is -2.13. The van der Waals surface area contributed by atoms with Gasteiger partial charge in [0.2, 0.25) is 0 Å². The van der Waals surface area contributed by atoms with Gasteiger partial charge in [-0.15, -0.1) is 0 Å². The third kappa shape index (κ3) is 6.13. The van der Waals surface area contributed by atoms with Crippen molar-refractivity contribution >= 4 is 21.6 Å².